The van der Waals surface area contributed by atoms with Gasteiger partial charge < -0.3 is 19.1 Å². The van der Waals surface area contributed by atoms with Gasteiger partial charge in [0.2, 0.25) is 0 Å². The molecule has 0 spiro atoms. The summed E-state index contributed by atoms with van der Waals surface area (Å²) in [6.45, 7) is -2.18. The molecule has 0 N–H and O–H groups in total. The molecule has 29 heavy (non-hydrogen) atoms. The molecule has 0 unspecified atom stereocenters. The van der Waals surface area contributed by atoms with Crippen LogP contribution in [-0.2, 0) is 4.74 Å². The lowest BCUT2D eigenvalue weighted by molar-refractivity contribution is -0.385. The van der Waals surface area contributed by atoms with Crippen LogP contribution in [0.3, 0.4) is 0 Å². The lowest BCUT2D eigenvalue weighted by atomic mass is 9.84. The monoisotopic (exact) mass is 414 g/mol. The van der Waals surface area contributed by atoms with Crippen LogP contribution >= 0.6 is 0 Å². The van der Waals surface area contributed by atoms with Gasteiger partial charge in [0.15, 0.2) is 11.5 Å². The molecule has 2 aliphatic rings. The molecular formula is C19H24F2N2O6. The van der Waals surface area contributed by atoms with Crippen LogP contribution in [0.5, 0.6) is 11.5 Å². The molecule has 2 fully saturated rings. The third-order valence-electron chi connectivity index (χ3n) is 5.48. The third kappa shape index (κ3) is 4.92. The minimum Gasteiger partial charge on any atom is -0.493 e. The van der Waals surface area contributed by atoms with Crippen molar-refractivity contribution in [2.24, 2.45) is 5.92 Å². The standard InChI is InChI=1S/C19H24F2N2O6/c1-27-15-9-13(14(23(25)26)10-16(15)29-19(20)21)18(24)22-7-8-28-17(11-22)12-5-3-2-4-6-12/h9-10,12,17,19H,2-8,11H2,1H3/t17-/m1/s1. The number of methoxy groups -OCH3 is 1. The molecule has 10 heteroatoms. The number of benzene rings is 1. The van der Waals surface area contributed by atoms with Gasteiger partial charge in [-0.1, -0.05) is 19.3 Å². The molecule has 1 aromatic rings. The van der Waals surface area contributed by atoms with Gasteiger partial charge in [0.1, 0.15) is 5.56 Å². The average molecular weight is 414 g/mol. The lowest BCUT2D eigenvalue weighted by Gasteiger charge is -2.38. The summed E-state index contributed by atoms with van der Waals surface area (Å²) >= 11 is 0. The zero-order valence-electron chi connectivity index (χ0n) is 16.1. The van der Waals surface area contributed by atoms with Crippen molar-refractivity contribution in [1.82, 2.24) is 4.90 Å². The number of hydrogen-bond acceptors (Lipinski definition) is 6. The van der Waals surface area contributed by atoms with Gasteiger partial charge >= 0.3 is 6.61 Å². The molecule has 3 rings (SSSR count). The number of hydrogen-bond donors (Lipinski definition) is 0. The number of carbonyl (C=O) groups excluding carboxylic acids is 1. The third-order valence-corrected chi connectivity index (χ3v) is 5.48. The minimum absolute atomic E-state index is 0.101. The van der Waals surface area contributed by atoms with Crippen LogP contribution < -0.4 is 9.47 Å². The molecule has 1 aliphatic carbocycles. The van der Waals surface area contributed by atoms with Crippen LogP contribution in [-0.4, -0.2) is 55.3 Å². The second-order valence-electron chi connectivity index (χ2n) is 7.21. The first-order valence-electron chi connectivity index (χ1n) is 9.62. The highest BCUT2D eigenvalue weighted by Gasteiger charge is 2.34. The molecule has 1 aromatic carbocycles. The first-order chi connectivity index (χ1) is 13.9. The quantitative estimate of drug-likeness (QED) is 0.522. The highest BCUT2D eigenvalue weighted by atomic mass is 19.3. The Morgan fingerprint density at radius 3 is 2.62 bits per heavy atom. The fourth-order valence-electron chi connectivity index (χ4n) is 4.04. The van der Waals surface area contributed by atoms with Gasteiger partial charge in [0, 0.05) is 19.2 Å². The number of amides is 1. The molecule has 160 valence electrons. The van der Waals surface area contributed by atoms with Crippen molar-refractivity contribution in [3.8, 4) is 11.5 Å². The Labute approximate surface area is 166 Å². The molecule has 0 aromatic heterocycles. The van der Waals surface area contributed by atoms with E-state index < -0.39 is 28.9 Å². The van der Waals surface area contributed by atoms with Crippen LogP contribution in [0.4, 0.5) is 14.5 Å². The van der Waals surface area contributed by atoms with Crippen LogP contribution in [0.1, 0.15) is 42.5 Å². The molecule has 1 amide bonds. The summed E-state index contributed by atoms with van der Waals surface area (Å²) in [5.41, 5.74) is -0.829. The summed E-state index contributed by atoms with van der Waals surface area (Å²) in [7, 11) is 1.21. The predicted octanol–water partition coefficient (Wildman–Crippen LogP) is 3.63. The number of morpholine rings is 1. The first-order valence-corrected chi connectivity index (χ1v) is 9.62. The number of rotatable bonds is 6. The highest BCUT2D eigenvalue weighted by molar-refractivity contribution is 5.99. The molecule has 1 saturated carbocycles. The van der Waals surface area contributed by atoms with Crippen molar-refractivity contribution in [2.45, 2.75) is 44.8 Å². The van der Waals surface area contributed by atoms with E-state index in [2.05, 4.69) is 4.74 Å². The maximum Gasteiger partial charge on any atom is 0.387 e. The van der Waals surface area contributed by atoms with E-state index >= 15 is 0 Å². The number of halogens is 2. The van der Waals surface area contributed by atoms with Crippen molar-refractivity contribution in [1.29, 1.82) is 0 Å². The van der Waals surface area contributed by atoms with Gasteiger partial charge in [-0.25, -0.2) is 0 Å². The Morgan fingerprint density at radius 1 is 1.28 bits per heavy atom. The Balaban J connectivity index is 1.85. The van der Waals surface area contributed by atoms with Crippen molar-refractivity contribution in [2.75, 3.05) is 26.8 Å². The maximum absolute atomic E-state index is 13.1. The van der Waals surface area contributed by atoms with Crippen molar-refractivity contribution >= 4 is 11.6 Å². The number of nitro groups is 1. The minimum atomic E-state index is -3.18. The lowest BCUT2D eigenvalue weighted by Crippen LogP contribution is -2.48. The zero-order valence-corrected chi connectivity index (χ0v) is 16.1. The SMILES string of the molecule is COc1cc(C(=O)N2CCO[C@@H](C3CCCCC3)C2)c([N+](=O)[O-])cc1OC(F)F. The summed E-state index contributed by atoms with van der Waals surface area (Å²) in [6, 6.07) is 1.89. The number of nitrogens with zero attached hydrogens (tertiary/aromatic N) is 2. The number of carbonyl (C=O) groups is 1. The molecule has 8 nitrogen and oxygen atoms in total. The van der Waals surface area contributed by atoms with Gasteiger partial charge in [-0.3, -0.25) is 14.9 Å². The summed E-state index contributed by atoms with van der Waals surface area (Å²) < 4.78 is 40.4. The van der Waals surface area contributed by atoms with Crippen LogP contribution in [0, 0.1) is 16.0 Å². The van der Waals surface area contributed by atoms with E-state index in [1.165, 1.54) is 18.4 Å². The van der Waals surface area contributed by atoms with E-state index in [9.17, 15) is 23.7 Å². The molecule has 1 saturated heterocycles. The summed E-state index contributed by atoms with van der Waals surface area (Å²) in [5, 5.41) is 11.5. The van der Waals surface area contributed by atoms with Gasteiger partial charge in [-0.05, 0) is 18.8 Å². The largest absolute Gasteiger partial charge is 0.493 e. The van der Waals surface area contributed by atoms with Gasteiger partial charge in [0.05, 0.1) is 30.8 Å². The molecule has 1 aliphatic heterocycles. The van der Waals surface area contributed by atoms with Crippen LogP contribution in [0.2, 0.25) is 0 Å². The van der Waals surface area contributed by atoms with E-state index in [0.717, 1.165) is 37.8 Å². The molecule has 0 radical (unpaired) electrons. The summed E-state index contributed by atoms with van der Waals surface area (Å²) in [4.78, 5) is 25.3. The molecule has 0 bridgehead atoms. The highest BCUT2D eigenvalue weighted by Crippen LogP contribution is 2.37. The van der Waals surface area contributed by atoms with Crippen LogP contribution in [0.15, 0.2) is 12.1 Å². The van der Waals surface area contributed by atoms with Crippen molar-refractivity contribution in [3.05, 3.63) is 27.8 Å². The van der Waals surface area contributed by atoms with Gasteiger partial charge in [-0.15, -0.1) is 0 Å². The fraction of sp³-hybridized carbons (Fsp3) is 0.632. The van der Waals surface area contributed by atoms with Gasteiger partial charge in [0.25, 0.3) is 11.6 Å². The fourth-order valence-corrected chi connectivity index (χ4v) is 4.04. The van der Waals surface area contributed by atoms with Crippen molar-refractivity contribution < 1.29 is 32.7 Å². The van der Waals surface area contributed by atoms with Crippen molar-refractivity contribution in [3.63, 3.8) is 0 Å². The Morgan fingerprint density at radius 2 is 2.00 bits per heavy atom. The zero-order chi connectivity index (χ0) is 21.0. The van der Waals surface area contributed by atoms with Gasteiger partial charge in [-0.2, -0.15) is 8.78 Å². The predicted molar refractivity (Wildman–Crippen MR) is 98.5 cm³/mol. The van der Waals surface area contributed by atoms with E-state index in [0.29, 0.717) is 25.6 Å². The van der Waals surface area contributed by atoms with E-state index in [1.807, 2.05) is 0 Å². The first kappa shape index (κ1) is 21.2. The average Bonchev–Trinajstić information content (AvgIpc) is 2.73. The van der Waals surface area contributed by atoms with Crippen LogP contribution in [0.25, 0.3) is 0 Å². The van der Waals surface area contributed by atoms with E-state index in [1.54, 1.807) is 0 Å². The second-order valence-corrected chi connectivity index (χ2v) is 7.21. The molecule has 1 atom stereocenters. The second kappa shape index (κ2) is 9.34. The number of alkyl halides is 2. The number of ether oxygens (including phenoxy) is 3. The maximum atomic E-state index is 13.1. The normalized spacial score (nSPS) is 20.6. The Kier molecular flexibility index (Phi) is 6.83. The van der Waals surface area contributed by atoms with E-state index in [-0.39, 0.29) is 17.4 Å². The topological polar surface area (TPSA) is 91.1 Å². The molecule has 1 heterocycles. The van der Waals surface area contributed by atoms with E-state index in [4.69, 9.17) is 9.47 Å². The molecular weight excluding hydrogens is 390 g/mol. The smallest absolute Gasteiger partial charge is 0.387 e. The summed E-state index contributed by atoms with van der Waals surface area (Å²) in [6.07, 6.45) is 5.45. The Bertz CT molecular complexity index is 754. The summed E-state index contributed by atoms with van der Waals surface area (Å²) in [5.74, 6) is -0.849. The Hall–Kier alpha value is -2.49. The number of nitro benzene ring substituents is 1.